The van der Waals surface area contributed by atoms with E-state index in [1.165, 1.54) is 0 Å². The summed E-state index contributed by atoms with van der Waals surface area (Å²) in [5, 5.41) is 5.57. The minimum atomic E-state index is -0.197. The van der Waals surface area contributed by atoms with Gasteiger partial charge < -0.3 is 20.9 Å². The van der Waals surface area contributed by atoms with Crippen LogP contribution in [0.4, 0.5) is 5.69 Å². The van der Waals surface area contributed by atoms with E-state index in [9.17, 15) is 9.59 Å². The lowest BCUT2D eigenvalue weighted by Crippen LogP contribution is -2.33. The molecular weight excluding hydrogens is 268 g/mol. The molecule has 0 saturated heterocycles. The molecule has 1 heterocycles. The lowest BCUT2D eigenvalue weighted by atomic mass is 10.2. The zero-order chi connectivity index (χ0) is 15.8. The van der Waals surface area contributed by atoms with Gasteiger partial charge in [-0.2, -0.15) is 0 Å². The fourth-order valence-corrected chi connectivity index (χ4v) is 1.94. The highest BCUT2D eigenvalue weighted by molar-refractivity contribution is 5.94. The van der Waals surface area contributed by atoms with E-state index in [4.69, 9.17) is 5.73 Å². The molecular formula is C15H26N4O2. The van der Waals surface area contributed by atoms with Crippen LogP contribution in [-0.4, -0.2) is 29.5 Å². The molecule has 0 aliphatic heterocycles. The van der Waals surface area contributed by atoms with Gasteiger partial charge in [0.1, 0.15) is 5.69 Å². The third kappa shape index (κ3) is 5.89. The van der Waals surface area contributed by atoms with Gasteiger partial charge in [0.2, 0.25) is 5.91 Å². The third-order valence-electron chi connectivity index (χ3n) is 2.96. The van der Waals surface area contributed by atoms with Crippen molar-refractivity contribution in [3.05, 3.63) is 18.0 Å². The molecule has 0 bridgehead atoms. The van der Waals surface area contributed by atoms with E-state index in [1.807, 2.05) is 25.3 Å². The summed E-state index contributed by atoms with van der Waals surface area (Å²) in [5.74, 6) is 0.174. The van der Waals surface area contributed by atoms with Crippen molar-refractivity contribution in [1.29, 1.82) is 0 Å². The van der Waals surface area contributed by atoms with Crippen LogP contribution in [0.5, 0.6) is 0 Å². The van der Waals surface area contributed by atoms with Crippen molar-refractivity contribution >= 4 is 17.5 Å². The number of nitrogens with two attached hydrogens (primary N) is 1. The van der Waals surface area contributed by atoms with Gasteiger partial charge in [0.05, 0.1) is 5.69 Å². The van der Waals surface area contributed by atoms with Crippen LogP contribution < -0.4 is 16.4 Å². The number of aryl methyl sites for hydroxylation is 1. The summed E-state index contributed by atoms with van der Waals surface area (Å²) < 4.78 is 1.84. The number of nitrogens with zero attached hydrogens (tertiary/aromatic N) is 1. The van der Waals surface area contributed by atoms with Crippen LogP contribution in [0, 0.1) is 5.92 Å². The Morgan fingerprint density at radius 2 is 2.05 bits per heavy atom. The quantitative estimate of drug-likeness (QED) is 0.676. The number of nitrogen functional groups attached to an aromatic ring is 1. The summed E-state index contributed by atoms with van der Waals surface area (Å²) in [6.07, 6.45) is 2.96. The number of carbonyl (C=O) groups excluding carboxylic acids is 2. The van der Waals surface area contributed by atoms with E-state index in [0.717, 1.165) is 13.0 Å². The lowest BCUT2D eigenvalue weighted by molar-refractivity contribution is -0.121. The normalized spacial score (nSPS) is 10.7. The number of amides is 2. The first-order valence-corrected chi connectivity index (χ1v) is 7.44. The van der Waals surface area contributed by atoms with Crippen LogP contribution in [0.15, 0.2) is 12.3 Å². The Morgan fingerprint density at radius 3 is 2.67 bits per heavy atom. The standard InChI is InChI=1S/C15H26N4O2/c1-4-7-19-10-12(16)8-13(19)15(21)17-6-5-14(20)18-9-11(2)3/h8,10-11H,4-7,9,16H2,1-3H3,(H,17,21)(H,18,20). The second kappa shape index (κ2) is 8.34. The third-order valence-corrected chi connectivity index (χ3v) is 2.96. The van der Waals surface area contributed by atoms with Crippen molar-refractivity contribution in [3.63, 3.8) is 0 Å². The fraction of sp³-hybridized carbons (Fsp3) is 0.600. The summed E-state index contributed by atoms with van der Waals surface area (Å²) in [6.45, 7) is 7.83. The highest BCUT2D eigenvalue weighted by Crippen LogP contribution is 2.11. The number of hydrogen-bond acceptors (Lipinski definition) is 3. The average Bonchev–Trinajstić information content (AvgIpc) is 2.78. The number of anilines is 1. The van der Waals surface area contributed by atoms with Crippen molar-refractivity contribution < 1.29 is 9.59 Å². The highest BCUT2D eigenvalue weighted by Gasteiger charge is 2.12. The van der Waals surface area contributed by atoms with E-state index < -0.39 is 0 Å². The topological polar surface area (TPSA) is 89.2 Å². The first-order valence-electron chi connectivity index (χ1n) is 7.44. The van der Waals surface area contributed by atoms with Crippen LogP contribution in [-0.2, 0) is 11.3 Å². The van der Waals surface area contributed by atoms with Crippen molar-refractivity contribution in [3.8, 4) is 0 Å². The first kappa shape index (κ1) is 17.1. The Hall–Kier alpha value is -1.98. The summed E-state index contributed by atoms with van der Waals surface area (Å²) in [7, 11) is 0. The van der Waals surface area contributed by atoms with Crippen molar-refractivity contribution in [2.75, 3.05) is 18.8 Å². The van der Waals surface area contributed by atoms with Gasteiger partial charge in [0.25, 0.3) is 5.91 Å². The molecule has 1 aromatic heterocycles. The molecule has 6 nitrogen and oxygen atoms in total. The number of nitrogens with one attached hydrogen (secondary N) is 2. The predicted octanol–water partition coefficient (Wildman–Crippen LogP) is 1.37. The molecule has 0 spiro atoms. The minimum Gasteiger partial charge on any atom is -0.397 e. The first-order chi connectivity index (χ1) is 9.93. The molecule has 0 radical (unpaired) electrons. The largest absolute Gasteiger partial charge is 0.397 e. The smallest absolute Gasteiger partial charge is 0.267 e. The van der Waals surface area contributed by atoms with Gasteiger partial charge >= 0.3 is 0 Å². The van der Waals surface area contributed by atoms with Gasteiger partial charge in [-0.3, -0.25) is 9.59 Å². The average molecular weight is 294 g/mol. The SMILES string of the molecule is CCCn1cc(N)cc1C(=O)NCCC(=O)NCC(C)C. The number of carbonyl (C=O) groups is 2. The minimum absolute atomic E-state index is 0.0487. The molecule has 6 heteroatoms. The number of aromatic nitrogens is 1. The van der Waals surface area contributed by atoms with Crippen molar-refractivity contribution in [2.45, 2.75) is 40.2 Å². The summed E-state index contributed by atoms with van der Waals surface area (Å²) >= 11 is 0. The number of hydrogen-bond donors (Lipinski definition) is 3. The maximum absolute atomic E-state index is 12.1. The van der Waals surface area contributed by atoms with Gasteiger partial charge in [0.15, 0.2) is 0 Å². The van der Waals surface area contributed by atoms with E-state index >= 15 is 0 Å². The van der Waals surface area contributed by atoms with Crippen LogP contribution >= 0.6 is 0 Å². The van der Waals surface area contributed by atoms with Crippen LogP contribution in [0.25, 0.3) is 0 Å². The van der Waals surface area contributed by atoms with Gasteiger partial charge in [-0.25, -0.2) is 0 Å². The Labute approximate surface area is 126 Å². The van der Waals surface area contributed by atoms with E-state index in [0.29, 0.717) is 30.4 Å². The fourth-order valence-electron chi connectivity index (χ4n) is 1.94. The van der Waals surface area contributed by atoms with Crippen molar-refractivity contribution in [1.82, 2.24) is 15.2 Å². The van der Waals surface area contributed by atoms with Crippen LogP contribution in [0.1, 0.15) is 44.1 Å². The highest BCUT2D eigenvalue weighted by atomic mass is 16.2. The number of rotatable bonds is 8. The maximum Gasteiger partial charge on any atom is 0.267 e. The molecule has 0 fully saturated rings. The molecule has 0 saturated carbocycles. The Morgan fingerprint density at radius 1 is 1.33 bits per heavy atom. The Kier molecular flexibility index (Phi) is 6.78. The van der Waals surface area contributed by atoms with Crippen molar-refractivity contribution in [2.24, 2.45) is 5.92 Å². The zero-order valence-corrected chi connectivity index (χ0v) is 13.1. The molecule has 1 rings (SSSR count). The van der Waals surface area contributed by atoms with Crippen LogP contribution in [0.2, 0.25) is 0 Å². The zero-order valence-electron chi connectivity index (χ0n) is 13.1. The molecule has 2 amide bonds. The van der Waals surface area contributed by atoms with E-state index in [-0.39, 0.29) is 18.2 Å². The van der Waals surface area contributed by atoms with Gasteiger partial charge in [-0.15, -0.1) is 0 Å². The monoisotopic (exact) mass is 294 g/mol. The molecule has 0 aliphatic carbocycles. The summed E-state index contributed by atoms with van der Waals surface area (Å²) in [4.78, 5) is 23.6. The second-order valence-electron chi connectivity index (χ2n) is 5.56. The molecule has 0 atom stereocenters. The molecule has 118 valence electrons. The van der Waals surface area contributed by atoms with Gasteiger partial charge in [-0.1, -0.05) is 20.8 Å². The second-order valence-corrected chi connectivity index (χ2v) is 5.56. The predicted molar refractivity (Wildman–Crippen MR) is 83.9 cm³/mol. The van der Waals surface area contributed by atoms with Gasteiger partial charge in [0, 0.05) is 32.3 Å². The summed E-state index contributed by atoms with van der Waals surface area (Å²) in [5.41, 5.74) is 6.84. The maximum atomic E-state index is 12.1. The van der Waals surface area contributed by atoms with Crippen LogP contribution in [0.3, 0.4) is 0 Å². The van der Waals surface area contributed by atoms with Gasteiger partial charge in [-0.05, 0) is 18.4 Å². The van der Waals surface area contributed by atoms with E-state index in [2.05, 4.69) is 10.6 Å². The molecule has 1 aromatic rings. The molecule has 21 heavy (non-hydrogen) atoms. The summed E-state index contributed by atoms with van der Waals surface area (Å²) in [6, 6.07) is 1.66. The lowest BCUT2D eigenvalue weighted by Gasteiger charge is -2.10. The Bertz CT molecular complexity index is 480. The molecule has 0 unspecified atom stereocenters. The molecule has 0 aromatic carbocycles. The van der Waals surface area contributed by atoms with E-state index in [1.54, 1.807) is 12.3 Å². The molecule has 0 aliphatic rings. The molecule has 4 N–H and O–H groups in total. The Balaban J connectivity index is 2.42.